The van der Waals surface area contributed by atoms with Gasteiger partial charge in [0.1, 0.15) is 5.75 Å². The highest BCUT2D eigenvalue weighted by Gasteiger charge is 2.15. The Morgan fingerprint density at radius 1 is 1.13 bits per heavy atom. The molecule has 1 heterocycles. The average Bonchev–Trinajstić information content (AvgIpc) is 2.77. The Morgan fingerprint density at radius 2 is 1.90 bits per heavy atom. The van der Waals surface area contributed by atoms with Crippen molar-refractivity contribution in [3.05, 3.63) is 70.8 Å². The van der Waals surface area contributed by atoms with Gasteiger partial charge in [0.25, 0.3) is 5.69 Å². The summed E-state index contributed by atoms with van der Waals surface area (Å²) in [6.45, 7) is 2.15. The summed E-state index contributed by atoms with van der Waals surface area (Å²) < 4.78 is 5.16. The van der Waals surface area contributed by atoms with Gasteiger partial charge in [-0.1, -0.05) is 6.07 Å². The molecule has 1 aromatic heterocycles. The predicted octanol–water partition coefficient (Wildman–Crippen LogP) is 3.33. The van der Waals surface area contributed by atoms with Gasteiger partial charge in [-0.25, -0.2) is 0 Å². The van der Waals surface area contributed by atoms with Gasteiger partial charge in [-0.2, -0.15) is 0 Å². The van der Waals surface area contributed by atoms with Crippen LogP contribution < -0.4 is 15.0 Å². The Labute approximate surface area is 173 Å². The third kappa shape index (κ3) is 5.07. The maximum Gasteiger partial charge on any atom is 0.271 e. The van der Waals surface area contributed by atoms with Gasteiger partial charge in [-0.05, 0) is 42.5 Å². The van der Waals surface area contributed by atoms with E-state index in [4.69, 9.17) is 4.74 Å². The fraction of sp³-hybridized carbons (Fsp3) is 0.190. The molecule has 0 bridgehead atoms. The van der Waals surface area contributed by atoms with Crippen molar-refractivity contribution in [3.63, 3.8) is 0 Å². The summed E-state index contributed by atoms with van der Waals surface area (Å²) in [7, 11) is 1.60. The van der Waals surface area contributed by atoms with Gasteiger partial charge >= 0.3 is 0 Å². The molecule has 0 saturated heterocycles. The lowest BCUT2D eigenvalue weighted by Gasteiger charge is -2.23. The van der Waals surface area contributed by atoms with E-state index < -0.39 is 4.92 Å². The molecular weight excluding hydrogens is 386 g/mol. The van der Waals surface area contributed by atoms with Crippen molar-refractivity contribution in [1.82, 2.24) is 15.5 Å². The number of methoxy groups -OCH3 is 1. The molecule has 0 aliphatic carbocycles. The van der Waals surface area contributed by atoms with Crippen molar-refractivity contribution in [1.29, 1.82) is 0 Å². The van der Waals surface area contributed by atoms with Gasteiger partial charge in [-0.15, -0.1) is 10.2 Å². The molecule has 3 rings (SSSR count). The molecule has 0 fully saturated rings. The Balaban J connectivity index is 1.89. The van der Waals surface area contributed by atoms with E-state index in [0.717, 1.165) is 11.3 Å². The molecule has 154 valence electrons. The molecule has 0 unspecified atom stereocenters. The summed E-state index contributed by atoms with van der Waals surface area (Å²) in [5.41, 5.74) is 2.12. The van der Waals surface area contributed by atoms with Crippen molar-refractivity contribution in [2.24, 2.45) is 0 Å². The molecular formula is C21H21N5O4. The van der Waals surface area contributed by atoms with E-state index >= 15 is 0 Å². The van der Waals surface area contributed by atoms with Crippen molar-refractivity contribution in [3.8, 4) is 17.0 Å². The number of amides is 1. The van der Waals surface area contributed by atoms with Crippen LogP contribution in [0, 0.1) is 10.1 Å². The molecule has 1 amide bonds. The summed E-state index contributed by atoms with van der Waals surface area (Å²) in [4.78, 5) is 23.7. The van der Waals surface area contributed by atoms with Gasteiger partial charge in [0.2, 0.25) is 5.91 Å². The van der Waals surface area contributed by atoms with Crippen LogP contribution >= 0.6 is 0 Å². The molecule has 9 nitrogen and oxygen atoms in total. The first-order chi connectivity index (χ1) is 14.5. The smallest absolute Gasteiger partial charge is 0.271 e. The van der Waals surface area contributed by atoms with Gasteiger partial charge in [-0.3, -0.25) is 14.9 Å². The third-order valence-corrected chi connectivity index (χ3v) is 4.37. The van der Waals surface area contributed by atoms with E-state index in [1.54, 1.807) is 30.2 Å². The molecule has 1 N–H and O–H groups in total. The lowest BCUT2D eigenvalue weighted by Crippen LogP contribution is -2.31. The van der Waals surface area contributed by atoms with E-state index in [0.29, 0.717) is 30.3 Å². The summed E-state index contributed by atoms with van der Waals surface area (Å²) in [6, 6.07) is 17.3. The quantitative estimate of drug-likeness (QED) is 0.450. The highest BCUT2D eigenvalue weighted by molar-refractivity contribution is 5.73. The molecule has 3 aromatic rings. The molecule has 0 aliphatic heterocycles. The zero-order valence-electron chi connectivity index (χ0n) is 16.6. The fourth-order valence-electron chi connectivity index (χ4n) is 2.88. The largest absolute Gasteiger partial charge is 0.497 e. The second-order valence-electron chi connectivity index (χ2n) is 6.42. The summed E-state index contributed by atoms with van der Waals surface area (Å²) in [5.74, 6) is 1.10. The third-order valence-electron chi connectivity index (χ3n) is 4.37. The van der Waals surface area contributed by atoms with Crippen molar-refractivity contribution >= 4 is 23.1 Å². The monoisotopic (exact) mass is 407 g/mol. The molecule has 0 radical (unpaired) electrons. The number of hydrogen-bond acceptors (Lipinski definition) is 7. The van der Waals surface area contributed by atoms with E-state index in [2.05, 4.69) is 15.5 Å². The number of carbonyl (C=O) groups is 1. The van der Waals surface area contributed by atoms with Crippen LogP contribution in [-0.4, -0.2) is 41.2 Å². The number of aromatic nitrogens is 2. The van der Waals surface area contributed by atoms with Gasteiger partial charge < -0.3 is 15.0 Å². The van der Waals surface area contributed by atoms with Crippen LogP contribution in [0.1, 0.15) is 6.92 Å². The van der Waals surface area contributed by atoms with Crippen molar-refractivity contribution < 1.29 is 14.5 Å². The molecule has 0 aliphatic rings. The zero-order valence-corrected chi connectivity index (χ0v) is 16.6. The number of rotatable bonds is 8. The second kappa shape index (κ2) is 9.46. The predicted molar refractivity (Wildman–Crippen MR) is 113 cm³/mol. The Morgan fingerprint density at radius 3 is 2.50 bits per heavy atom. The van der Waals surface area contributed by atoms with Crippen LogP contribution in [-0.2, 0) is 4.79 Å². The Kier molecular flexibility index (Phi) is 6.53. The van der Waals surface area contributed by atoms with Crippen LogP contribution in [0.4, 0.5) is 17.2 Å². The summed E-state index contributed by atoms with van der Waals surface area (Å²) in [5, 5.41) is 22.5. The molecule has 2 aromatic carbocycles. The minimum atomic E-state index is -0.450. The van der Waals surface area contributed by atoms with Gasteiger partial charge in [0, 0.05) is 43.4 Å². The minimum Gasteiger partial charge on any atom is -0.497 e. The number of nitro groups is 1. The fourth-order valence-corrected chi connectivity index (χ4v) is 2.88. The highest BCUT2D eigenvalue weighted by atomic mass is 16.6. The summed E-state index contributed by atoms with van der Waals surface area (Å²) >= 11 is 0. The normalized spacial score (nSPS) is 10.3. The van der Waals surface area contributed by atoms with Crippen LogP contribution in [0.3, 0.4) is 0 Å². The lowest BCUT2D eigenvalue weighted by atomic mass is 10.1. The van der Waals surface area contributed by atoms with Crippen molar-refractivity contribution in [2.75, 3.05) is 25.1 Å². The maximum absolute atomic E-state index is 11.2. The number of ether oxygens (including phenoxy) is 1. The Bertz CT molecular complexity index is 1020. The van der Waals surface area contributed by atoms with E-state index in [1.165, 1.54) is 19.1 Å². The molecule has 0 saturated carbocycles. The number of nitrogens with one attached hydrogen (secondary N) is 1. The number of nitro benzene ring substituents is 1. The van der Waals surface area contributed by atoms with E-state index in [9.17, 15) is 14.9 Å². The van der Waals surface area contributed by atoms with Crippen LogP contribution in [0.25, 0.3) is 11.3 Å². The molecule has 0 atom stereocenters. The van der Waals surface area contributed by atoms with E-state index in [-0.39, 0.29) is 11.6 Å². The first-order valence-corrected chi connectivity index (χ1v) is 9.22. The number of nitrogens with zero attached hydrogens (tertiary/aromatic N) is 4. The molecule has 30 heavy (non-hydrogen) atoms. The molecule has 0 spiro atoms. The SMILES string of the molecule is COc1ccc(-c2ccc(N(CCNC(C)=O)c3cccc([N+](=O)[O-])c3)nn2)cc1. The standard InChI is InChI=1S/C21H21N5O4/c1-15(27)22-12-13-25(17-4-3-5-18(14-17)26(28)29)21-11-10-20(23-24-21)16-6-8-19(30-2)9-7-16/h3-11,14H,12-13H2,1-2H3,(H,22,27). The number of hydrogen-bond donors (Lipinski definition) is 1. The van der Waals surface area contributed by atoms with Crippen LogP contribution in [0.15, 0.2) is 60.7 Å². The first kappa shape index (κ1) is 20.7. The van der Waals surface area contributed by atoms with Crippen LogP contribution in [0.2, 0.25) is 0 Å². The lowest BCUT2D eigenvalue weighted by molar-refractivity contribution is -0.384. The van der Waals surface area contributed by atoms with E-state index in [1.807, 2.05) is 30.3 Å². The molecule has 9 heteroatoms. The van der Waals surface area contributed by atoms with Gasteiger partial charge in [0.05, 0.1) is 17.7 Å². The number of non-ortho nitro benzene ring substituents is 1. The number of anilines is 2. The second-order valence-corrected chi connectivity index (χ2v) is 6.42. The average molecular weight is 407 g/mol. The summed E-state index contributed by atoms with van der Waals surface area (Å²) in [6.07, 6.45) is 0. The zero-order chi connectivity index (χ0) is 21.5. The Hall–Kier alpha value is -4.01. The van der Waals surface area contributed by atoms with Crippen LogP contribution in [0.5, 0.6) is 5.75 Å². The minimum absolute atomic E-state index is 0.0279. The number of carbonyl (C=O) groups excluding carboxylic acids is 1. The number of benzene rings is 2. The topological polar surface area (TPSA) is 110 Å². The maximum atomic E-state index is 11.2. The highest BCUT2D eigenvalue weighted by Crippen LogP contribution is 2.28. The van der Waals surface area contributed by atoms with Gasteiger partial charge in [0.15, 0.2) is 5.82 Å². The van der Waals surface area contributed by atoms with Crippen molar-refractivity contribution in [2.45, 2.75) is 6.92 Å². The first-order valence-electron chi connectivity index (χ1n) is 9.22.